The van der Waals surface area contributed by atoms with E-state index in [4.69, 9.17) is 14.2 Å². The summed E-state index contributed by atoms with van der Waals surface area (Å²) in [7, 11) is 3.31. The van der Waals surface area contributed by atoms with E-state index in [9.17, 15) is 0 Å². The van der Waals surface area contributed by atoms with E-state index in [2.05, 4.69) is 22.9 Å². The molecular weight excluding hydrogens is 296 g/mol. The zero-order chi connectivity index (χ0) is 13.1. The third kappa shape index (κ3) is 2.98. The van der Waals surface area contributed by atoms with Crippen LogP contribution in [0.1, 0.15) is 25.3 Å². The van der Waals surface area contributed by atoms with Gasteiger partial charge in [0.1, 0.15) is 0 Å². The van der Waals surface area contributed by atoms with E-state index in [1.54, 1.807) is 14.2 Å². The van der Waals surface area contributed by atoms with Crippen molar-refractivity contribution in [3.05, 3.63) is 22.2 Å². The minimum atomic E-state index is 0.440. The molecule has 1 aliphatic heterocycles. The molecule has 1 aromatic rings. The highest BCUT2D eigenvalue weighted by Crippen LogP contribution is 2.35. The van der Waals surface area contributed by atoms with Crippen molar-refractivity contribution in [3.8, 4) is 11.5 Å². The molecule has 0 radical (unpaired) electrons. The number of benzene rings is 1. The van der Waals surface area contributed by atoms with Crippen LogP contribution in [0, 0.1) is 0 Å². The summed E-state index contributed by atoms with van der Waals surface area (Å²) in [4.78, 5) is 0. The van der Waals surface area contributed by atoms with Gasteiger partial charge in [-0.15, -0.1) is 0 Å². The first-order valence-corrected chi connectivity index (χ1v) is 7.04. The van der Waals surface area contributed by atoms with Gasteiger partial charge < -0.3 is 14.2 Å². The van der Waals surface area contributed by atoms with Crippen molar-refractivity contribution in [2.45, 2.75) is 38.4 Å². The maximum Gasteiger partial charge on any atom is 0.161 e. The molecule has 0 bridgehead atoms. The van der Waals surface area contributed by atoms with Gasteiger partial charge in [0, 0.05) is 4.47 Å². The van der Waals surface area contributed by atoms with Crippen LogP contribution in [-0.4, -0.2) is 26.4 Å². The van der Waals surface area contributed by atoms with Gasteiger partial charge in [0.25, 0.3) is 0 Å². The first-order valence-electron chi connectivity index (χ1n) is 6.25. The van der Waals surface area contributed by atoms with Crippen LogP contribution in [0.5, 0.6) is 11.5 Å². The SMILES string of the molecule is CCC1OC1CCc1cc(OC)c(OC)cc1Br. The van der Waals surface area contributed by atoms with Crippen LogP contribution in [0.25, 0.3) is 0 Å². The standard InChI is InChI=1S/C14H19BrO3/c1-4-11-12(18-11)6-5-9-7-13(16-2)14(17-3)8-10(9)15/h7-8,11-12H,4-6H2,1-3H3. The Morgan fingerprint density at radius 2 is 1.83 bits per heavy atom. The largest absolute Gasteiger partial charge is 0.493 e. The average molecular weight is 315 g/mol. The molecule has 1 heterocycles. The van der Waals surface area contributed by atoms with Gasteiger partial charge in [-0.3, -0.25) is 0 Å². The van der Waals surface area contributed by atoms with Gasteiger partial charge in [-0.05, 0) is 37.0 Å². The van der Waals surface area contributed by atoms with Crippen molar-refractivity contribution >= 4 is 15.9 Å². The molecule has 0 spiro atoms. The summed E-state index contributed by atoms with van der Waals surface area (Å²) in [6.07, 6.45) is 4.07. The van der Waals surface area contributed by atoms with Gasteiger partial charge in [0.05, 0.1) is 26.4 Å². The third-order valence-corrected chi connectivity index (χ3v) is 4.08. The van der Waals surface area contributed by atoms with Crippen LogP contribution in [0.2, 0.25) is 0 Å². The van der Waals surface area contributed by atoms with Crippen molar-refractivity contribution in [1.29, 1.82) is 0 Å². The monoisotopic (exact) mass is 314 g/mol. The second kappa shape index (κ2) is 5.93. The normalized spacial score (nSPS) is 21.8. The molecule has 1 saturated heterocycles. The number of epoxide rings is 1. The summed E-state index contributed by atoms with van der Waals surface area (Å²) >= 11 is 3.58. The summed E-state index contributed by atoms with van der Waals surface area (Å²) in [5.74, 6) is 1.53. The predicted octanol–water partition coefficient (Wildman–Crippen LogP) is 3.58. The fraction of sp³-hybridized carbons (Fsp3) is 0.571. The van der Waals surface area contributed by atoms with Crippen LogP contribution in [0.3, 0.4) is 0 Å². The number of hydrogen-bond acceptors (Lipinski definition) is 3. The fourth-order valence-electron chi connectivity index (χ4n) is 2.18. The van der Waals surface area contributed by atoms with Crippen LogP contribution in [-0.2, 0) is 11.2 Å². The minimum Gasteiger partial charge on any atom is -0.493 e. The number of hydrogen-bond donors (Lipinski definition) is 0. The van der Waals surface area contributed by atoms with Gasteiger partial charge in [-0.1, -0.05) is 22.9 Å². The first kappa shape index (κ1) is 13.7. The molecule has 0 amide bonds. The minimum absolute atomic E-state index is 0.440. The topological polar surface area (TPSA) is 31.0 Å². The van der Waals surface area contributed by atoms with Crippen molar-refractivity contribution in [1.82, 2.24) is 0 Å². The average Bonchev–Trinajstić information content (AvgIpc) is 3.15. The van der Waals surface area contributed by atoms with Gasteiger partial charge in [-0.2, -0.15) is 0 Å². The van der Waals surface area contributed by atoms with E-state index in [1.165, 1.54) is 5.56 Å². The van der Waals surface area contributed by atoms with Crippen LogP contribution in [0.4, 0.5) is 0 Å². The van der Waals surface area contributed by atoms with E-state index in [-0.39, 0.29) is 0 Å². The molecule has 2 unspecified atom stereocenters. The maximum atomic E-state index is 5.56. The molecule has 0 saturated carbocycles. The summed E-state index contributed by atoms with van der Waals surface area (Å²) < 4.78 is 17.2. The zero-order valence-corrected chi connectivity index (χ0v) is 12.6. The Hall–Kier alpha value is -0.740. The van der Waals surface area contributed by atoms with E-state index in [1.807, 2.05) is 12.1 Å². The quantitative estimate of drug-likeness (QED) is 0.752. The Kier molecular flexibility index (Phi) is 4.51. The van der Waals surface area contributed by atoms with Gasteiger partial charge in [0.2, 0.25) is 0 Å². The third-order valence-electron chi connectivity index (χ3n) is 3.34. The van der Waals surface area contributed by atoms with E-state index in [0.717, 1.165) is 35.2 Å². The Labute approximate surface area is 117 Å². The lowest BCUT2D eigenvalue weighted by atomic mass is 10.1. The summed E-state index contributed by atoms with van der Waals surface area (Å²) in [6, 6.07) is 3.99. The zero-order valence-electron chi connectivity index (χ0n) is 11.0. The van der Waals surface area contributed by atoms with Gasteiger partial charge >= 0.3 is 0 Å². The van der Waals surface area contributed by atoms with Crippen LogP contribution >= 0.6 is 15.9 Å². The van der Waals surface area contributed by atoms with Crippen molar-refractivity contribution in [3.63, 3.8) is 0 Å². The number of methoxy groups -OCH3 is 2. The summed E-state index contributed by atoms with van der Waals surface area (Å²) in [5.41, 5.74) is 1.23. The Morgan fingerprint density at radius 1 is 1.17 bits per heavy atom. The Balaban J connectivity index is 2.03. The molecule has 0 aromatic heterocycles. The molecule has 0 aliphatic carbocycles. The lowest BCUT2D eigenvalue weighted by Crippen LogP contribution is -1.98. The second-order valence-electron chi connectivity index (χ2n) is 4.46. The highest BCUT2D eigenvalue weighted by molar-refractivity contribution is 9.10. The molecule has 100 valence electrons. The van der Waals surface area contributed by atoms with Crippen LogP contribution in [0.15, 0.2) is 16.6 Å². The van der Waals surface area contributed by atoms with E-state index < -0.39 is 0 Å². The number of aryl methyl sites for hydroxylation is 1. The molecule has 2 atom stereocenters. The molecule has 18 heavy (non-hydrogen) atoms. The molecule has 0 N–H and O–H groups in total. The fourth-order valence-corrected chi connectivity index (χ4v) is 2.70. The molecule has 1 aliphatic rings. The second-order valence-corrected chi connectivity index (χ2v) is 5.31. The Bertz CT molecular complexity index is 420. The van der Waals surface area contributed by atoms with Crippen molar-refractivity contribution in [2.24, 2.45) is 0 Å². The maximum absolute atomic E-state index is 5.56. The number of ether oxygens (including phenoxy) is 3. The van der Waals surface area contributed by atoms with Gasteiger partial charge in [0.15, 0.2) is 11.5 Å². The lowest BCUT2D eigenvalue weighted by molar-refractivity contribution is 0.353. The van der Waals surface area contributed by atoms with Crippen LogP contribution < -0.4 is 9.47 Å². The molecule has 2 rings (SSSR count). The van der Waals surface area contributed by atoms with Gasteiger partial charge in [-0.25, -0.2) is 0 Å². The highest BCUT2D eigenvalue weighted by Gasteiger charge is 2.36. The first-order chi connectivity index (χ1) is 8.69. The molecule has 1 aromatic carbocycles. The highest BCUT2D eigenvalue weighted by atomic mass is 79.9. The lowest BCUT2D eigenvalue weighted by Gasteiger charge is -2.11. The Morgan fingerprint density at radius 3 is 2.39 bits per heavy atom. The number of rotatable bonds is 6. The summed E-state index contributed by atoms with van der Waals surface area (Å²) in [5, 5.41) is 0. The molecular formula is C14H19BrO3. The smallest absolute Gasteiger partial charge is 0.161 e. The molecule has 4 heteroatoms. The van der Waals surface area contributed by atoms with Crippen molar-refractivity contribution < 1.29 is 14.2 Å². The molecule has 3 nitrogen and oxygen atoms in total. The molecule has 1 fully saturated rings. The van der Waals surface area contributed by atoms with E-state index in [0.29, 0.717) is 12.2 Å². The van der Waals surface area contributed by atoms with Crippen molar-refractivity contribution in [2.75, 3.05) is 14.2 Å². The predicted molar refractivity (Wildman–Crippen MR) is 74.5 cm³/mol. The number of halogens is 1. The van der Waals surface area contributed by atoms with E-state index >= 15 is 0 Å². The summed E-state index contributed by atoms with van der Waals surface area (Å²) in [6.45, 7) is 2.16.